The summed E-state index contributed by atoms with van der Waals surface area (Å²) in [5, 5.41) is 10.5. The fraction of sp³-hybridized carbons (Fsp3) is 0.176. The molecule has 0 amide bonds. The zero-order valence-electron chi connectivity index (χ0n) is 12.9. The Balaban J connectivity index is 2.31. The van der Waals surface area contributed by atoms with Gasteiger partial charge in [0.2, 0.25) is 0 Å². The van der Waals surface area contributed by atoms with Crippen molar-refractivity contribution in [2.75, 3.05) is 0 Å². The molecule has 3 rings (SSSR count). The van der Waals surface area contributed by atoms with Crippen molar-refractivity contribution >= 4 is 51.1 Å². The fourth-order valence-electron chi connectivity index (χ4n) is 2.76. The molecule has 1 N–H and O–H groups in total. The number of benzene rings is 1. The van der Waals surface area contributed by atoms with Gasteiger partial charge < -0.3 is 14.1 Å². The van der Waals surface area contributed by atoms with E-state index in [9.17, 15) is 14.7 Å². The maximum absolute atomic E-state index is 12.6. The molecular weight excluding hydrogens is 445 g/mol. The maximum Gasteiger partial charge on any atom is 0.341 e. The van der Waals surface area contributed by atoms with Crippen LogP contribution in [0.4, 0.5) is 0 Å². The van der Waals surface area contributed by atoms with Crippen LogP contribution in [0.25, 0.3) is 11.0 Å². The van der Waals surface area contributed by atoms with Crippen molar-refractivity contribution in [3.63, 3.8) is 0 Å². The highest BCUT2D eigenvalue weighted by Gasteiger charge is 2.24. The number of hydrogen-bond donors (Lipinski definition) is 1. The molecule has 2 aromatic heterocycles. The second-order valence-corrected chi connectivity index (χ2v) is 7.18. The third-order valence-corrected chi connectivity index (χ3v) is 5.02. The van der Waals surface area contributed by atoms with Crippen LogP contribution >= 0.6 is 34.2 Å². The standard InChI is InChI=1S/C17H13ClINO4/c1-8-7-24-15-13(8)16(21)20(2)12(14(15)17(22)23)5-9-3-4-10(19)6-11(9)18/h3-4,6-7H,5H2,1-2H3,(H,22,23). The van der Waals surface area contributed by atoms with E-state index in [1.54, 1.807) is 20.0 Å². The van der Waals surface area contributed by atoms with E-state index in [0.29, 0.717) is 21.7 Å². The molecule has 1 aromatic carbocycles. The van der Waals surface area contributed by atoms with E-state index in [1.165, 1.54) is 10.8 Å². The number of carboxylic acids is 1. The smallest absolute Gasteiger partial charge is 0.341 e. The Morgan fingerprint density at radius 1 is 1.42 bits per heavy atom. The molecule has 0 aliphatic carbocycles. The predicted octanol–water partition coefficient (Wildman–Crippen LogP) is 3.99. The number of furan rings is 1. The number of aromatic nitrogens is 1. The van der Waals surface area contributed by atoms with Crippen molar-refractivity contribution in [2.24, 2.45) is 7.05 Å². The summed E-state index contributed by atoms with van der Waals surface area (Å²) in [7, 11) is 1.57. The summed E-state index contributed by atoms with van der Waals surface area (Å²) in [6, 6.07) is 5.51. The Labute approximate surface area is 156 Å². The fourth-order valence-corrected chi connectivity index (χ4v) is 3.68. The lowest BCUT2D eigenvalue weighted by Crippen LogP contribution is -2.24. The van der Waals surface area contributed by atoms with Crippen LogP contribution in [0.15, 0.2) is 33.7 Å². The topological polar surface area (TPSA) is 72.4 Å². The molecule has 0 saturated carbocycles. The largest absolute Gasteiger partial charge is 0.477 e. The lowest BCUT2D eigenvalue weighted by atomic mass is 10.0. The third kappa shape index (κ3) is 2.73. The molecule has 0 radical (unpaired) electrons. The van der Waals surface area contributed by atoms with Gasteiger partial charge in [-0.05, 0) is 47.2 Å². The van der Waals surface area contributed by atoms with Crippen molar-refractivity contribution in [1.82, 2.24) is 4.57 Å². The minimum absolute atomic E-state index is 0.00480. The van der Waals surface area contributed by atoms with Gasteiger partial charge in [0.15, 0.2) is 5.58 Å². The summed E-state index contributed by atoms with van der Waals surface area (Å²) in [4.78, 5) is 24.4. The van der Waals surface area contributed by atoms with Crippen molar-refractivity contribution in [3.05, 3.63) is 65.8 Å². The summed E-state index contributed by atoms with van der Waals surface area (Å²) < 4.78 is 7.72. The first kappa shape index (κ1) is 17.0. The van der Waals surface area contributed by atoms with Crippen LogP contribution in [-0.4, -0.2) is 15.6 Å². The number of fused-ring (bicyclic) bond motifs is 1. The SMILES string of the molecule is Cc1coc2c(C(=O)O)c(Cc3ccc(I)cc3Cl)n(C)c(=O)c12. The molecule has 2 heterocycles. The minimum Gasteiger partial charge on any atom is -0.477 e. The van der Waals surface area contributed by atoms with E-state index in [0.717, 1.165) is 9.13 Å². The van der Waals surface area contributed by atoms with Crippen molar-refractivity contribution in [1.29, 1.82) is 0 Å². The number of carbonyl (C=O) groups is 1. The van der Waals surface area contributed by atoms with Crippen LogP contribution < -0.4 is 5.56 Å². The highest BCUT2D eigenvalue weighted by atomic mass is 127. The van der Waals surface area contributed by atoms with Gasteiger partial charge in [-0.1, -0.05) is 17.7 Å². The van der Waals surface area contributed by atoms with Gasteiger partial charge in [-0.15, -0.1) is 0 Å². The molecule has 0 aliphatic heterocycles. The zero-order chi connectivity index (χ0) is 17.6. The van der Waals surface area contributed by atoms with Crippen molar-refractivity contribution < 1.29 is 14.3 Å². The Morgan fingerprint density at radius 2 is 2.12 bits per heavy atom. The number of carboxylic acid groups (broad SMARTS) is 1. The Bertz CT molecular complexity index is 1040. The molecule has 0 saturated heterocycles. The molecule has 0 aliphatic rings. The van der Waals surface area contributed by atoms with E-state index >= 15 is 0 Å². The van der Waals surface area contributed by atoms with Gasteiger partial charge >= 0.3 is 5.97 Å². The average molecular weight is 458 g/mol. The predicted molar refractivity (Wildman–Crippen MR) is 100 cm³/mol. The number of hydrogen-bond acceptors (Lipinski definition) is 3. The second kappa shape index (κ2) is 6.25. The Morgan fingerprint density at radius 3 is 2.75 bits per heavy atom. The number of aryl methyl sites for hydroxylation is 1. The number of nitrogens with zero attached hydrogens (tertiary/aromatic N) is 1. The van der Waals surface area contributed by atoms with Crippen LogP contribution in [0.3, 0.4) is 0 Å². The maximum atomic E-state index is 12.6. The Hall–Kier alpha value is -1.80. The summed E-state index contributed by atoms with van der Waals surface area (Å²) in [5.41, 5.74) is 1.55. The van der Waals surface area contributed by atoms with E-state index in [1.807, 2.05) is 12.1 Å². The first-order chi connectivity index (χ1) is 11.3. The van der Waals surface area contributed by atoms with E-state index in [4.69, 9.17) is 16.0 Å². The molecule has 5 nitrogen and oxygen atoms in total. The van der Waals surface area contributed by atoms with Gasteiger partial charge in [0.1, 0.15) is 5.56 Å². The molecule has 0 bridgehead atoms. The van der Waals surface area contributed by atoms with Crippen LogP contribution in [-0.2, 0) is 13.5 Å². The quantitative estimate of drug-likeness (QED) is 0.604. The lowest BCUT2D eigenvalue weighted by Gasteiger charge is -2.13. The second-order valence-electron chi connectivity index (χ2n) is 5.53. The van der Waals surface area contributed by atoms with E-state index < -0.39 is 5.97 Å². The zero-order valence-corrected chi connectivity index (χ0v) is 15.8. The van der Waals surface area contributed by atoms with Crippen LogP contribution in [0, 0.1) is 10.5 Å². The van der Waals surface area contributed by atoms with Crippen molar-refractivity contribution in [2.45, 2.75) is 13.3 Å². The molecule has 3 aromatic rings. The normalized spacial score (nSPS) is 11.2. The minimum atomic E-state index is -1.14. The first-order valence-corrected chi connectivity index (χ1v) is 8.53. The average Bonchev–Trinajstić information content (AvgIpc) is 2.88. The molecule has 0 spiro atoms. The molecule has 0 atom stereocenters. The molecule has 0 unspecified atom stereocenters. The number of aromatic carboxylic acids is 1. The molecular formula is C17H13ClINO4. The monoisotopic (exact) mass is 457 g/mol. The van der Waals surface area contributed by atoms with Gasteiger partial charge in [-0.2, -0.15) is 0 Å². The summed E-state index contributed by atoms with van der Waals surface area (Å²) >= 11 is 8.41. The number of rotatable bonds is 3. The highest BCUT2D eigenvalue weighted by Crippen LogP contribution is 2.27. The summed E-state index contributed by atoms with van der Waals surface area (Å²) in [6.45, 7) is 1.72. The molecule has 24 heavy (non-hydrogen) atoms. The first-order valence-electron chi connectivity index (χ1n) is 7.08. The molecule has 124 valence electrons. The van der Waals surface area contributed by atoms with Gasteiger partial charge in [0, 0.05) is 33.3 Å². The summed E-state index contributed by atoms with van der Waals surface area (Å²) in [5.74, 6) is -1.14. The highest BCUT2D eigenvalue weighted by molar-refractivity contribution is 14.1. The van der Waals surface area contributed by atoms with Crippen LogP contribution in [0.2, 0.25) is 5.02 Å². The van der Waals surface area contributed by atoms with Crippen LogP contribution in [0.1, 0.15) is 27.2 Å². The third-order valence-electron chi connectivity index (χ3n) is 4.00. The van der Waals surface area contributed by atoms with Crippen LogP contribution in [0.5, 0.6) is 0 Å². The van der Waals surface area contributed by atoms with Gasteiger partial charge in [-0.25, -0.2) is 4.79 Å². The van der Waals surface area contributed by atoms with E-state index in [-0.39, 0.29) is 23.1 Å². The number of halogens is 2. The molecule has 7 heteroatoms. The lowest BCUT2D eigenvalue weighted by molar-refractivity contribution is 0.0695. The van der Waals surface area contributed by atoms with Gasteiger partial charge in [0.25, 0.3) is 5.56 Å². The van der Waals surface area contributed by atoms with Gasteiger partial charge in [0.05, 0.1) is 11.6 Å². The van der Waals surface area contributed by atoms with Gasteiger partial charge in [-0.3, -0.25) is 4.79 Å². The van der Waals surface area contributed by atoms with E-state index in [2.05, 4.69) is 22.6 Å². The van der Waals surface area contributed by atoms with Crippen molar-refractivity contribution in [3.8, 4) is 0 Å². The Kier molecular flexibility index (Phi) is 4.44. The molecule has 0 fully saturated rings. The summed E-state index contributed by atoms with van der Waals surface area (Å²) in [6.07, 6.45) is 1.62. The number of pyridine rings is 1.